The Kier molecular flexibility index (Phi) is 6.34. The van der Waals surface area contributed by atoms with Crippen LogP contribution in [-0.2, 0) is 16.0 Å². The summed E-state index contributed by atoms with van der Waals surface area (Å²) in [6, 6.07) is 13.9. The van der Waals surface area contributed by atoms with Gasteiger partial charge in [-0.2, -0.15) is 0 Å². The predicted molar refractivity (Wildman–Crippen MR) is 102 cm³/mol. The average molecular weight is 338 g/mol. The molecule has 0 aliphatic rings. The molecule has 0 aliphatic carbocycles. The Labute approximate surface area is 149 Å². The van der Waals surface area contributed by atoms with Gasteiger partial charge in [-0.15, -0.1) is 0 Å². The molecule has 2 rings (SSSR count). The van der Waals surface area contributed by atoms with Crippen molar-refractivity contribution in [3.8, 4) is 0 Å². The van der Waals surface area contributed by atoms with Gasteiger partial charge in [0.1, 0.15) is 0 Å². The van der Waals surface area contributed by atoms with Crippen LogP contribution in [0.4, 0.5) is 5.69 Å². The molecule has 25 heavy (non-hydrogen) atoms. The van der Waals surface area contributed by atoms with Crippen molar-refractivity contribution in [1.29, 1.82) is 0 Å². The highest BCUT2D eigenvalue weighted by Gasteiger charge is 2.16. The van der Waals surface area contributed by atoms with Gasteiger partial charge in [0.15, 0.2) is 0 Å². The predicted octanol–water partition coefficient (Wildman–Crippen LogP) is 3.32. The maximum atomic E-state index is 12.1. The van der Waals surface area contributed by atoms with E-state index in [0.717, 1.165) is 27.9 Å². The average Bonchev–Trinajstić information content (AvgIpc) is 2.52. The third kappa shape index (κ3) is 5.18. The van der Waals surface area contributed by atoms with Gasteiger partial charge in [0.2, 0.25) is 11.8 Å². The summed E-state index contributed by atoms with van der Waals surface area (Å²) < 4.78 is 0. The van der Waals surface area contributed by atoms with Gasteiger partial charge in [-0.3, -0.25) is 9.59 Å². The largest absolute Gasteiger partial charge is 0.354 e. The van der Waals surface area contributed by atoms with Gasteiger partial charge < -0.3 is 10.2 Å². The van der Waals surface area contributed by atoms with Crippen LogP contribution in [0.2, 0.25) is 0 Å². The van der Waals surface area contributed by atoms with E-state index in [-0.39, 0.29) is 11.8 Å². The van der Waals surface area contributed by atoms with E-state index in [4.69, 9.17) is 0 Å². The maximum Gasteiger partial charge on any atom is 0.224 e. The molecule has 2 aromatic rings. The fourth-order valence-electron chi connectivity index (χ4n) is 3.04. The van der Waals surface area contributed by atoms with Crippen LogP contribution in [0, 0.1) is 20.8 Å². The molecule has 4 nitrogen and oxygen atoms in total. The Morgan fingerprint density at radius 2 is 1.64 bits per heavy atom. The van der Waals surface area contributed by atoms with Crippen LogP contribution in [0.1, 0.15) is 29.2 Å². The Hall–Kier alpha value is -2.62. The second kappa shape index (κ2) is 8.47. The number of para-hydroxylation sites is 1. The molecule has 0 atom stereocenters. The third-order valence-electron chi connectivity index (χ3n) is 4.19. The van der Waals surface area contributed by atoms with E-state index in [9.17, 15) is 9.59 Å². The first-order chi connectivity index (χ1) is 11.9. The topological polar surface area (TPSA) is 49.4 Å². The highest BCUT2D eigenvalue weighted by Crippen LogP contribution is 2.24. The van der Waals surface area contributed by atoms with Gasteiger partial charge in [0, 0.05) is 25.7 Å². The molecule has 0 spiro atoms. The molecule has 2 aromatic carbocycles. The van der Waals surface area contributed by atoms with Crippen LogP contribution < -0.4 is 10.2 Å². The minimum absolute atomic E-state index is 0.0228. The smallest absolute Gasteiger partial charge is 0.224 e. The van der Waals surface area contributed by atoms with Crippen molar-refractivity contribution >= 4 is 17.5 Å². The van der Waals surface area contributed by atoms with E-state index in [0.29, 0.717) is 19.5 Å². The number of carbonyl (C=O) groups is 2. The zero-order chi connectivity index (χ0) is 18.4. The first kappa shape index (κ1) is 18.7. The second-order valence-electron chi connectivity index (χ2n) is 6.43. The van der Waals surface area contributed by atoms with Crippen molar-refractivity contribution < 1.29 is 9.59 Å². The van der Waals surface area contributed by atoms with Crippen molar-refractivity contribution in [2.75, 3.05) is 18.0 Å². The van der Waals surface area contributed by atoms with E-state index in [2.05, 4.69) is 5.32 Å². The van der Waals surface area contributed by atoms with Crippen molar-refractivity contribution in [2.24, 2.45) is 0 Å². The molecule has 0 radical (unpaired) electrons. The van der Waals surface area contributed by atoms with Crippen LogP contribution >= 0.6 is 0 Å². The van der Waals surface area contributed by atoms with Crippen LogP contribution in [0.3, 0.4) is 0 Å². The fraction of sp³-hybridized carbons (Fsp3) is 0.333. The summed E-state index contributed by atoms with van der Waals surface area (Å²) in [5.41, 5.74) is 5.18. The standard InChI is InChI=1S/C21H26N2O2/c1-15-7-5-10-19(13-15)14-20(25)22-11-12-23(18(4)24)21-16(2)8-6-9-17(21)3/h5-10,13H,11-12,14H2,1-4H3,(H,22,25). The lowest BCUT2D eigenvalue weighted by Crippen LogP contribution is -2.38. The van der Waals surface area contributed by atoms with Crippen LogP contribution in [0.25, 0.3) is 0 Å². The van der Waals surface area contributed by atoms with Gasteiger partial charge in [-0.25, -0.2) is 0 Å². The molecule has 0 fully saturated rings. The van der Waals surface area contributed by atoms with Crippen molar-refractivity contribution in [1.82, 2.24) is 5.32 Å². The van der Waals surface area contributed by atoms with Crippen LogP contribution in [0.5, 0.6) is 0 Å². The Balaban J connectivity index is 1.96. The zero-order valence-corrected chi connectivity index (χ0v) is 15.4. The molecule has 4 heteroatoms. The van der Waals surface area contributed by atoms with Crippen molar-refractivity contribution in [3.05, 3.63) is 64.7 Å². The van der Waals surface area contributed by atoms with E-state index in [1.807, 2.05) is 63.2 Å². The lowest BCUT2D eigenvalue weighted by molar-refractivity contribution is -0.121. The maximum absolute atomic E-state index is 12.1. The summed E-state index contributed by atoms with van der Waals surface area (Å²) in [5, 5.41) is 2.91. The van der Waals surface area contributed by atoms with Gasteiger partial charge in [0.05, 0.1) is 6.42 Å². The number of carbonyl (C=O) groups excluding carboxylic acids is 2. The molecule has 132 valence electrons. The first-order valence-electron chi connectivity index (χ1n) is 8.55. The quantitative estimate of drug-likeness (QED) is 0.878. The molecule has 0 saturated heterocycles. The Morgan fingerprint density at radius 3 is 2.24 bits per heavy atom. The number of benzene rings is 2. The molecule has 0 heterocycles. The van der Waals surface area contributed by atoms with Crippen LogP contribution in [-0.4, -0.2) is 24.9 Å². The molecule has 2 amide bonds. The molecule has 1 N–H and O–H groups in total. The summed E-state index contributed by atoms with van der Waals surface area (Å²) in [4.78, 5) is 25.9. The van der Waals surface area contributed by atoms with E-state index >= 15 is 0 Å². The molecule has 0 aromatic heterocycles. The monoisotopic (exact) mass is 338 g/mol. The highest BCUT2D eigenvalue weighted by molar-refractivity contribution is 5.93. The summed E-state index contributed by atoms with van der Waals surface area (Å²) in [7, 11) is 0. The lowest BCUT2D eigenvalue weighted by Gasteiger charge is -2.25. The van der Waals surface area contributed by atoms with E-state index in [1.54, 1.807) is 11.8 Å². The minimum atomic E-state index is -0.0318. The number of anilines is 1. The van der Waals surface area contributed by atoms with E-state index in [1.165, 1.54) is 0 Å². The van der Waals surface area contributed by atoms with Gasteiger partial charge >= 0.3 is 0 Å². The Morgan fingerprint density at radius 1 is 1.00 bits per heavy atom. The highest BCUT2D eigenvalue weighted by atomic mass is 16.2. The zero-order valence-electron chi connectivity index (χ0n) is 15.4. The number of hydrogen-bond acceptors (Lipinski definition) is 2. The number of nitrogens with zero attached hydrogens (tertiary/aromatic N) is 1. The molecule has 0 bridgehead atoms. The van der Waals surface area contributed by atoms with Gasteiger partial charge in [-0.05, 0) is 37.5 Å². The third-order valence-corrected chi connectivity index (χ3v) is 4.19. The summed E-state index contributed by atoms with van der Waals surface area (Å²) in [6.45, 7) is 8.44. The lowest BCUT2D eigenvalue weighted by atomic mass is 10.1. The summed E-state index contributed by atoms with van der Waals surface area (Å²) in [5.74, 6) is -0.0547. The number of rotatable bonds is 6. The summed E-state index contributed by atoms with van der Waals surface area (Å²) >= 11 is 0. The van der Waals surface area contributed by atoms with Gasteiger partial charge in [0.25, 0.3) is 0 Å². The number of nitrogens with one attached hydrogen (secondary N) is 1. The van der Waals surface area contributed by atoms with Gasteiger partial charge in [-0.1, -0.05) is 48.0 Å². The molecular formula is C21H26N2O2. The summed E-state index contributed by atoms with van der Waals surface area (Å²) in [6.07, 6.45) is 0.352. The first-order valence-corrected chi connectivity index (χ1v) is 8.55. The minimum Gasteiger partial charge on any atom is -0.354 e. The SMILES string of the molecule is CC(=O)N(CCNC(=O)Cc1cccc(C)c1)c1c(C)cccc1C. The molecule has 0 saturated carbocycles. The molecule has 0 unspecified atom stereocenters. The number of hydrogen-bond donors (Lipinski definition) is 1. The fourth-order valence-corrected chi connectivity index (χ4v) is 3.04. The number of aryl methyl sites for hydroxylation is 3. The second-order valence-corrected chi connectivity index (χ2v) is 6.43. The molecular weight excluding hydrogens is 312 g/mol. The molecule has 0 aliphatic heterocycles. The van der Waals surface area contributed by atoms with E-state index < -0.39 is 0 Å². The normalized spacial score (nSPS) is 10.4. The van der Waals surface area contributed by atoms with Crippen molar-refractivity contribution in [2.45, 2.75) is 34.1 Å². The number of amides is 2. The van der Waals surface area contributed by atoms with Crippen molar-refractivity contribution in [3.63, 3.8) is 0 Å². The Bertz CT molecular complexity index is 748. The van der Waals surface area contributed by atoms with Crippen LogP contribution in [0.15, 0.2) is 42.5 Å².